The van der Waals surface area contributed by atoms with Crippen molar-refractivity contribution >= 4 is 21.4 Å². The summed E-state index contributed by atoms with van der Waals surface area (Å²) in [7, 11) is 0. The van der Waals surface area contributed by atoms with Crippen LogP contribution in [0.15, 0.2) is 47.3 Å². The van der Waals surface area contributed by atoms with Gasteiger partial charge in [-0.25, -0.2) is 9.50 Å². The highest BCUT2D eigenvalue weighted by Gasteiger charge is 2.11. The van der Waals surface area contributed by atoms with E-state index in [1.54, 1.807) is 16.9 Å². The quantitative estimate of drug-likeness (QED) is 0.685. The van der Waals surface area contributed by atoms with Gasteiger partial charge in [0.05, 0.1) is 0 Å². The molecule has 0 spiro atoms. The number of nitrogens with zero attached hydrogens (tertiary/aromatic N) is 4. The van der Waals surface area contributed by atoms with Crippen LogP contribution in [0.4, 0.5) is 0 Å². The van der Waals surface area contributed by atoms with Gasteiger partial charge in [0, 0.05) is 12.4 Å². The lowest BCUT2D eigenvalue weighted by molar-refractivity contribution is 0.929. The van der Waals surface area contributed by atoms with Gasteiger partial charge in [-0.15, -0.1) is 0 Å². The third kappa shape index (κ3) is 1.40. The van der Waals surface area contributed by atoms with Gasteiger partial charge in [-0.05, 0) is 40.2 Å². The Morgan fingerprint density at radius 1 is 1.06 bits per heavy atom. The number of rotatable bonds is 1. The lowest BCUT2D eigenvalue weighted by Gasteiger charge is -1.97. The van der Waals surface area contributed by atoms with Crippen molar-refractivity contribution in [3.8, 4) is 11.5 Å². The minimum Gasteiger partial charge on any atom is -0.253 e. The number of pyridine rings is 1. The van der Waals surface area contributed by atoms with E-state index >= 15 is 0 Å². The highest BCUT2D eigenvalue weighted by molar-refractivity contribution is 9.10. The molecule has 0 aromatic carbocycles. The Morgan fingerprint density at radius 2 is 2.00 bits per heavy atom. The fourth-order valence-corrected chi connectivity index (χ4v) is 2.02. The highest BCUT2D eigenvalue weighted by atomic mass is 79.9. The largest absolute Gasteiger partial charge is 0.253 e. The molecule has 3 heterocycles. The summed E-state index contributed by atoms with van der Waals surface area (Å²) in [5.74, 6) is 0.739. The number of halogens is 1. The van der Waals surface area contributed by atoms with E-state index in [0.717, 1.165) is 21.6 Å². The van der Waals surface area contributed by atoms with Crippen LogP contribution in [0.25, 0.3) is 17.0 Å². The van der Waals surface area contributed by atoms with Gasteiger partial charge in [0.15, 0.2) is 5.82 Å². The molecule has 0 saturated heterocycles. The minimum absolute atomic E-state index is 0.739. The molecule has 0 amide bonds. The van der Waals surface area contributed by atoms with Crippen molar-refractivity contribution in [3.63, 3.8) is 0 Å². The predicted molar refractivity (Wildman–Crippen MR) is 63.9 cm³/mol. The molecule has 0 aliphatic heterocycles. The molecule has 78 valence electrons. The second kappa shape index (κ2) is 3.68. The van der Waals surface area contributed by atoms with Crippen LogP contribution in [0.3, 0.4) is 0 Å². The van der Waals surface area contributed by atoms with E-state index in [0.29, 0.717) is 0 Å². The summed E-state index contributed by atoms with van der Waals surface area (Å²) in [5.41, 5.74) is 1.74. The molecule has 0 fully saturated rings. The molecular formula is C11H7BrN4. The average molecular weight is 275 g/mol. The fraction of sp³-hybridized carbons (Fsp3) is 0. The Bertz CT molecular complexity index is 633. The topological polar surface area (TPSA) is 43.1 Å². The van der Waals surface area contributed by atoms with Gasteiger partial charge < -0.3 is 0 Å². The Morgan fingerprint density at radius 3 is 2.81 bits per heavy atom. The molecule has 0 N–H and O–H groups in total. The van der Waals surface area contributed by atoms with Crippen molar-refractivity contribution in [1.82, 2.24) is 19.6 Å². The monoisotopic (exact) mass is 274 g/mol. The van der Waals surface area contributed by atoms with Gasteiger partial charge in [-0.2, -0.15) is 5.10 Å². The van der Waals surface area contributed by atoms with E-state index in [1.165, 1.54) is 0 Å². The van der Waals surface area contributed by atoms with E-state index < -0.39 is 0 Å². The van der Waals surface area contributed by atoms with Crippen LogP contribution in [0, 0.1) is 0 Å². The maximum Gasteiger partial charge on any atom is 0.181 e. The Balaban J connectivity index is 2.33. The molecule has 0 atom stereocenters. The van der Waals surface area contributed by atoms with Crippen LogP contribution in [-0.2, 0) is 0 Å². The van der Waals surface area contributed by atoms with Gasteiger partial charge in [-0.3, -0.25) is 4.98 Å². The molecule has 0 aliphatic carbocycles. The SMILES string of the molecule is Brc1nc(-c2ccccn2)n2ncccc12. The summed E-state index contributed by atoms with van der Waals surface area (Å²) in [6.07, 6.45) is 3.47. The van der Waals surface area contributed by atoms with Crippen molar-refractivity contribution in [2.24, 2.45) is 0 Å². The minimum atomic E-state index is 0.739. The first-order valence-electron chi connectivity index (χ1n) is 4.77. The molecule has 16 heavy (non-hydrogen) atoms. The molecule has 0 bridgehead atoms. The van der Waals surface area contributed by atoms with Crippen molar-refractivity contribution in [3.05, 3.63) is 47.3 Å². The van der Waals surface area contributed by atoms with Crippen LogP contribution in [0.2, 0.25) is 0 Å². The molecular weight excluding hydrogens is 268 g/mol. The van der Waals surface area contributed by atoms with Crippen molar-refractivity contribution < 1.29 is 0 Å². The van der Waals surface area contributed by atoms with E-state index in [2.05, 4.69) is 31.0 Å². The van der Waals surface area contributed by atoms with E-state index in [1.807, 2.05) is 30.3 Å². The van der Waals surface area contributed by atoms with E-state index in [4.69, 9.17) is 0 Å². The first-order valence-corrected chi connectivity index (χ1v) is 5.56. The zero-order valence-electron chi connectivity index (χ0n) is 8.21. The molecule has 0 radical (unpaired) electrons. The second-order valence-corrected chi connectivity index (χ2v) is 4.01. The van der Waals surface area contributed by atoms with Crippen molar-refractivity contribution in [2.75, 3.05) is 0 Å². The van der Waals surface area contributed by atoms with Gasteiger partial charge in [0.1, 0.15) is 15.8 Å². The standard InChI is InChI=1S/C11H7BrN4/c12-10-9-5-3-7-14-16(9)11(15-10)8-4-1-2-6-13-8/h1-7H. The van der Waals surface area contributed by atoms with Crippen LogP contribution in [0.1, 0.15) is 0 Å². The number of hydrogen-bond acceptors (Lipinski definition) is 3. The number of hydrogen-bond donors (Lipinski definition) is 0. The van der Waals surface area contributed by atoms with Gasteiger partial charge in [-0.1, -0.05) is 6.07 Å². The predicted octanol–water partition coefficient (Wildman–Crippen LogP) is 2.55. The first kappa shape index (κ1) is 9.47. The number of aromatic nitrogens is 4. The lowest BCUT2D eigenvalue weighted by atomic mass is 10.3. The summed E-state index contributed by atoms with van der Waals surface area (Å²) < 4.78 is 2.55. The molecule has 3 rings (SSSR count). The van der Waals surface area contributed by atoms with Crippen LogP contribution in [0.5, 0.6) is 0 Å². The van der Waals surface area contributed by atoms with E-state index in [-0.39, 0.29) is 0 Å². The lowest BCUT2D eigenvalue weighted by Crippen LogP contribution is -1.94. The summed E-state index contributed by atoms with van der Waals surface area (Å²) in [5, 5.41) is 4.26. The zero-order chi connectivity index (χ0) is 11.0. The van der Waals surface area contributed by atoms with Crippen LogP contribution >= 0.6 is 15.9 Å². The number of fused-ring (bicyclic) bond motifs is 1. The Kier molecular flexibility index (Phi) is 2.18. The maximum atomic E-state index is 4.41. The Hall–Kier alpha value is -1.75. The average Bonchev–Trinajstić information content (AvgIpc) is 2.69. The fourth-order valence-electron chi connectivity index (χ4n) is 1.56. The molecule has 4 nitrogen and oxygen atoms in total. The molecule has 0 unspecified atom stereocenters. The third-order valence-electron chi connectivity index (χ3n) is 2.26. The Labute approximate surface area is 100 Å². The molecule has 0 aliphatic rings. The smallest absolute Gasteiger partial charge is 0.181 e. The second-order valence-electron chi connectivity index (χ2n) is 3.26. The van der Waals surface area contributed by atoms with Crippen LogP contribution < -0.4 is 0 Å². The number of imidazole rings is 1. The first-order chi connectivity index (χ1) is 7.86. The summed E-state index contributed by atoms with van der Waals surface area (Å²) in [6.45, 7) is 0. The molecule has 5 heteroatoms. The third-order valence-corrected chi connectivity index (χ3v) is 2.84. The van der Waals surface area contributed by atoms with Crippen molar-refractivity contribution in [2.45, 2.75) is 0 Å². The zero-order valence-corrected chi connectivity index (χ0v) is 9.79. The summed E-state index contributed by atoms with van der Waals surface area (Å²) in [6, 6.07) is 9.55. The summed E-state index contributed by atoms with van der Waals surface area (Å²) in [4.78, 5) is 8.68. The summed E-state index contributed by atoms with van der Waals surface area (Å²) >= 11 is 3.42. The van der Waals surface area contributed by atoms with E-state index in [9.17, 15) is 0 Å². The normalized spacial score (nSPS) is 10.8. The van der Waals surface area contributed by atoms with Crippen LogP contribution in [-0.4, -0.2) is 19.6 Å². The van der Waals surface area contributed by atoms with Gasteiger partial charge in [0.2, 0.25) is 0 Å². The maximum absolute atomic E-state index is 4.41. The molecule has 3 aromatic rings. The molecule has 3 aromatic heterocycles. The van der Waals surface area contributed by atoms with Crippen molar-refractivity contribution in [1.29, 1.82) is 0 Å². The van der Waals surface area contributed by atoms with Gasteiger partial charge >= 0.3 is 0 Å². The molecule has 0 saturated carbocycles. The highest BCUT2D eigenvalue weighted by Crippen LogP contribution is 2.23. The van der Waals surface area contributed by atoms with Gasteiger partial charge in [0.25, 0.3) is 0 Å².